The first-order chi connectivity index (χ1) is 11.3. The molecule has 0 aliphatic heterocycles. The lowest BCUT2D eigenvalue weighted by Crippen LogP contribution is -2.49. The van der Waals surface area contributed by atoms with E-state index in [9.17, 15) is 19.6 Å². The van der Waals surface area contributed by atoms with Crippen molar-refractivity contribution < 1.29 is 24.7 Å². The van der Waals surface area contributed by atoms with Crippen molar-refractivity contribution in [2.24, 2.45) is 0 Å². The molecule has 0 fully saturated rings. The Morgan fingerprint density at radius 3 is 2.71 bits per heavy atom. The monoisotopic (exact) mass is 373 g/mol. The van der Waals surface area contributed by atoms with Gasteiger partial charge in [-0.05, 0) is 0 Å². The molecule has 15 heteroatoms. The Hall–Kier alpha value is -2.23. The van der Waals surface area contributed by atoms with Gasteiger partial charge in [-0.2, -0.15) is 0 Å². The van der Waals surface area contributed by atoms with Crippen LogP contribution in [0.15, 0.2) is 10.5 Å². The van der Waals surface area contributed by atoms with Gasteiger partial charge in [-0.1, -0.05) is 28.3 Å². The molecule has 2 aromatic heterocycles. The van der Waals surface area contributed by atoms with Gasteiger partial charge < -0.3 is 26.2 Å². The largest absolute Gasteiger partial charge is 0.477 e. The van der Waals surface area contributed by atoms with Crippen LogP contribution in [0.5, 0.6) is 0 Å². The molecular weight excluding hydrogens is 361 g/mol. The fourth-order valence-electron chi connectivity index (χ4n) is 1.56. The fraction of sp³-hybridized carbons (Fsp3) is 0.333. The normalized spacial score (nSPS) is 11.9. The van der Waals surface area contributed by atoms with Crippen LogP contribution in [0.25, 0.3) is 0 Å². The second-order valence-electron chi connectivity index (χ2n) is 4.41. The quantitative estimate of drug-likeness (QED) is 0.247. The highest BCUT2D eigenvalue weighted by Crippen LogP contribution is 2.23. The van der Waals surface area contributed by atoms with E-state index in [2.05, 4.69) is 25.8 Å². The minimum Gasteiger partial charge on any atom is -0.476 e. The van der Waals surface area contributed by atoms with Gasteiger partial charge in [-0.3, -0.25) is 9.48 Å². The predicted molar refractivity (Wildman–Crippen MR) is 84.1 cm³/mol. The molecule has 0 spiro atoms. The Bertz CT molecular complexity index is 723. The summed E-state index contributed by atoms with van der Waals surface area (Å²) in [6.07, 6.45) is 1.11. The molecule has 128 valence electrons. The van der Waals surface area contributed by atoms with Crippen LogP contribution in [0.2, 0.25) is 0 Å². The summed E-state index contributed by atoms with van der Waals surface area (Å²) < 4.78 is 1.60. The van der Waals surface area contributed by atoms with Crippen molar-refractivity contribution in [3.63, 3.8) is 0 Å². The number of carbonyl (C=O) groups is 2. The smallest absolute Gasteiger partial charge is 0.476 e. The van der Waals surface area contributed by atoms with Gasteiger partial charge in [0, 0.05) is 0 Å². The van der Waals surface area contributed by atoms with E-state index in [4.69, 9.17) is 10.8 Å². The zero-order valence-corrected chi connectivity index (χ0v) is 13.6. The third-order valence-corrected chi connectivity index (χ3v) is 4.48. The lowest BCUT2D eigenvalue weighted by Gasteiger charge is -2.17. The summed E-state index contributed by atoms with van der Waals surface area (Å²) in [5.74, 6) is -2.87. The van der Waals surface area contributed by atoms with Crippen LogP contribution in [0, 0.1) is 0 Å². The molecule has 2 heterocycles. The summed E-state index contributed by atoms with van der Waals surface area (Å²) in [6.45, 7) is -0.167. The zero-order chi connectivity index (χ0) is 17.7. The SMILES string of the molecule is Nc1nnc(SCC(=O)N[C@@H](Cn2cc(C(=O)O)nn2)B(O)O)s1. The van der Waals surface area contributed by atoms with Crippen molar-refractivity contribution in [2.45, 2.75) is 16.8 Å². The van der Waals surface area contributed by atoms with Gasteiger partial charge in [0.25, 0.3) is 0 Å². The van der Waals surface area contributed by atoms with E-state index in [-0.39, 0.29) is 23.1 Å². The summed E-state index contributed by atoms with van der Waals surface area (Å²) >= 11 is 2.22. The van der Waals surface area contributed by atoms with Gasteiger partial charge in [0.05, 0.1) is 24.4 Å². The number of aromatic carboxylic acids is 1. The Balaban J connectivity index is 1.89. The Morgan fingerprint density at radius 1 is 1.42 bits per heavy atom. The molecule has 12 nitrogen and oxygen atoms in total. The first-order valence-corrected chi connectivity index (χ1v) is 8.16. The van der Waals surface area contributed by atoms with Gasteiger partial charge in [0.15, 0.2) is 10.0 Å². The van der Waals surface area contributed by atoms with Crippen molar-refractivity contribution >= 4 is 47.2 Å². The summed E-state index contributed by atoms with van der Waals surface area (Å²) in [4.78, 5) is 22.6. The third-order valence-electron chi connectivity index (χ3n) is 2.60. The molecular formula is C9H12BN7O5S2. The summed E-state index contributed by atoms with van der Waals surface area (Å²) in [7, 11) is -1.87. The van der Waals surface area contributed by atoms with Gasteiger partial charge in [-0.15, -0.1) is 15.3 Å². The molecule has 24 heavy (non-hydrogen) atoms. The van der Waals surface area contributed by atoms with Gasteiger partial charge >= 0.3 is 13.1 Å². The van der Waals surface area contributed by atoms with Crippen LogP contribution in [-0.4, -0.2) is 71.0 Å². The molecule has 2 aromatic rings. The molecule has 0 radical (unpaired) electrons. The lowest BCUT2D eigenvalue weighted by molar-refractivity contribution is -0.119. The number of amides is 1. The number of hydrogen-bond acceptors (Lipinski definition) is 11. The highest BCUT2D eigenvalue weighted by atomic mass is 32.2. The average Bonchev–Trinajstić information content (AvgIpc) is 3.13. The van der Waals surface area contributed by atoms with E-state index >= 15 is 0 Å². The van der Waals surface area contributed by atoms with Gasteiger partial charge in [-0.25, -0.2) is 4.79 Å². The second kappa shape index (κ2) is 8.05. The highest BCUT2D eigenvalue weighted by Gasteiger charge is 2.26. The maximum atomic E-state index is 11.9. The molecule has 1 atom stereocenters. The van der Waals surface area contributed by atoms with Crippen molar-refractivity contribution in [2.75, 3.05) is 11.5 Å². The van der Waals surface area contributed by atoms with E-state index in [0.29, 0.717) is 4.34 Å². The van der Waals surface area contributed by atoms with E-state index in [1.54, 1.807) is 0 Å². The average molecular weight is 373 g/mol. The number of carbonyl (C=O) groups excluding carboxylic acids is 1. The molecule has 1 amide bonds. The first kappa shape index (κ1) is 18.1. The molecule has 0 aromatic carbocycles. The van der Waals surface area contributed by atoms with Gasteiger partial charge in [0.1, 0.15) is 0 Å². The molecule has 0 saturated heterocycles. The van der Waals surface area contributed by atoms with Crippen molar-refractivity contribution in [3.8, 4) is 0 Å². The van der Waals surface area contributed by atoms with Crippen LogP contribution < -0.4 is 11.1 Å². The van der Waals surface area contributed by atoms with E-state index in [1.807, 2.05) is 0 Å². The maximum absolute atomic E-state index is 11.9. The van der Waals surface area contributed by atoms with Crippen LogP contribution in [-0.2, 0) is 11.3 Å². The number of hydrogen-bond donors (Lipinski definition) is 5. The molecule has 0 aliphatic carbocycles. The molecule has 0 aliphatic rings. The van der Waals surface area contributed by atoms with E-state index in [0.717, 1.165) is 34.0 Å². The highest BCUT2D eigenvalue weighted by molar-refractivity contribution is 8.01. The topological polar surface area (TPSA) is 189 Å². The number of carboxylic acid groups (broad SMARTS) is 1. The molecule has 2 rings (SSSR count). The summed E-state index contributed by atoms with van der Waals surface area (Å²) in [6, 6.07) is 0. The number of rotatable bonds is 8. The number of nitrogens with one attached hydrogen (secondary N) is 1. The number of thioether (sulfide) groups is 1. The third kappa shape index (κ3) is 5.15. The molecule has 0 unspecified atom stereocenters. The van der Waals surface area contributed by atoms with Crippen LogP contribution >= 0.6 is 23.1 Å². The number of nitrogens with two attached hydrogens (primary N) is 1. The van der Waals surface area contributed by atoms with Crippen LogP contribution in [0.1, 0.15) is 10.5 Å². The minimum absolute atomic E-state index is 0.0322. The Labute approximate surface area is 143 Å². The number of carboxylic acids is 1. The molecule has 0 bridgehead atoms. The second-order valence-corrected chi connectivity index (χ2v) is 6.65. The molecule has 0 saturated carbocycles. The number of nitrogens with zero attached hydrogens (tertiary/aromatic N) is 5. The minimum atomic E-state index is -1.87. The van der Waals surface area contributed by atoms with Crippen molar-refractivity contribution in [3.05, 3.63) is 11.9 Å². The first-order valence-electron chi connectivity index (χ1n) is 6.36. The Morgan fingerprint density at radius 2 is 2.17 bits per heavy atom. The summed E-state index contributed by atoms with van der Waals surface area (Å²) in [5, 5.41) is 44.4. The van der Waals surface area contributed by atoms with E-state index in [1.165, 1.54) is 0 Å². The Kier molecular flexibility index (Phi) is 6.07. The van der Waals surface area contributed by atoms with Crippen LogP contribution in [0.4, 0.5) is 5.13 Å². The van der Waals surface area contributed by atoms with Gasteiger partial charge in [0.2, 0.25) is 11.0 Å². The van der Waals surface area contributed by atoms with Crippen molar-refractivity contribution in [1.29, 1.82) is 0 Å². The lowest BCUT2D eigenvalue weighted by atomic mass is 9.79. The number of aromatic nitrogens is 5. The molecule has 6 N–H and O–H groups in total. The predicted octanol–water partition coefficient (Wildman–Crippen LogP) is -2.30. The zero-order valence-electron chi connectivity index (χ0n) is 11.9. The van der Waals surface area contributed by atoms with Crippen LogP contribution in [0.3, 0.4) is 0 Å². The number of nitrogen functional groups attached to an aromatic ring is 1. The fourth-order valence-corrected chi connectivity index (χ4v) is 3.00. The summed E-state index contributed by atoms with van der Waals surface area (Å²) in [5.41, 5.74) is 5.13. The standard InChI is InChI=1S/C9H12BN7O5S2/c11-8-14-15-9(24-8)23-3-6(18)12-5(10(21)22)2-17-1-4(7(19)20)13-16-17/h1,5,21-22H,2-3H2,(H2,11,14)(H,12,18)(H,19,20)/t5-/m0/s1. The van der Waals surface area contributed by atoms with Crippen molar-refractivity contribution in [1.82, 2.24) is 30.5 Å². The van der Waals surface area contributed by atoms with E-state index < -0.39 is 24.9 Å². The maximum Gasteiger partial charge on any atom is 0.477 e. The number of anilines is 1.